The lowest BCUT2D eigenvalue weighted by atomic mass is 10.1. The average Bonchev–Trinajstić information content (AvgIpc) is 3.33. The molecule has 6 nitrogen and oxygen atoms in total. The van der Waals surface area contributed by atoms with E-state index >= 15 is 0 Å². The van der Waals surface area contributed by atoms with Crippen LogP contribution in [0.25, 0.3) is 17.8 Å². The van der Waals surface area contributed by atoms with Crippen molar-refractivity contribution >= 4 is 29.6 Å². The van der Waals surface area contributed by atoms with Crippen molar-refractivity contribution in [2.24, 2.45) is 12.0 Å². The molecule has 4 aromatic rings. The van der Waals surface area contributed by atoms with Gasteiger partial charge in [0.25, 0.3) is 11.5 Å². The Morgan fingerprint density at radius 2 is 1.42 bits per heavy atom. The molecule has 0 bridgehead atoms. The summed E-state index contributed by atoms with van der Waals surface area (Å²) >= 11 is 0. The minimum Gasteiger partial charge on any atom is -0.283 e. The Balaban J connectivity index is 1.65. The van der Waals surface area contributed by atoms with Gasteiger partial charge in [-0.3, -0.25) is 19.2 Å². The van der Waals surface area contributed by atoms with E-state index in [1.165, 1.54) is 4.90 Å². The molecular weight excluding hydrogens is 448 g/mol. The molecule has 36 heavy (non-hydrogen) atoms. The van der Waals surface area contributed by atoms with E-state index in [4.69, 9.17) is 4.99 Å². The van der Waals surface area contributed by atoms with Crippen molar-refractivity contribution in [1.82, 2.24) is 9.36 Å². The van der Waals surface area contributed by atoms with Crippen LogP contribution in [0.2, 0.25) is 0 Å². The Labute approximate surface area is 209 Å². The van der Waals surface area contributed by atoms with Gasteiger partial charge in [-0.2, -0.15) is 0 Å². The van der Waals surface area contributed by atoms with Crippen LogP contribution in [0.1, 0.15) is 29.3 Å². The minimum absolute atomic E-state index is 0.279. The van der Waals surface area contributed by atoms with Gasteiger partial charge in [0.05, 0.1) is 11.4 Å². The summed E-state index contributed by atoms with van der Waals surface area (Å²) in [4.78, 5) is 33.7. The van der Waals surface area contributed by atoms with Gasteiger partial charge < -0.3 is 0 Å². The highest BCUT2D eigenvalue weighted by atomic mass is 16.2. The maximum Gasteiger partial charge on any atom is 0.296 e. The third-order valence-electron chi connectivity index (χ3n) is 6.24. The Morgan fingerprint density at radius 1 is 0.806 bits per heavy atom. The zero-order valence-corrected chi connectivity index (χ0v) is 20.4. The quantitative estimate of drug-likeness (QED) is 0.366. The predicted molar refractivity (Wildman–Crippen MR) is 145 cm³/mol. The number of allylic oxidation sites excluding steroid dienone is 1. The highest BCUT2D eigenvalue weighted by molar-refractivity contribution is 6.33. The van der Waals surface area contributed by atoms with Gasteiger partial charge in [0, 0.05) is 12.6 Å². The second-order valence-electron chi connectivity index (χ2n) is 8.55. The lowest BCUT2D eigenvalue weighted by Gasteiger charge is -2.17. The number of para-hydroxylation sites is 1. The summed E-state index contributed by atoms with van der Waals surface area (Å²) in [7, 11) is 1.82. The molecule has 0 fully saturated rings. The first-order valence-electron chi connectivity index (χ1n) is 11.8. The second-order valence-corrected chi connectivity index (χ2v) is 8.55. The summed E-state index contributed by atoms with van der Waals surface area (Å²) in [5, 5.41) is 0. The van der Waals surface area contributed by atoms with Gasteiger partial charge in [-0.15, -0.1) is 0 Å². The van der Waals surface area contributed by atoms with Crippen LogP contribution in [0, 0.1) is 6.92 Å². The molecule has 1 aliphatic rings. The van der Waals surface area contributed by atoms with E-state index in [-0.39, 0.29) is 17.2 Å². The fraction of sp³-hybridized carbons (Fsp3) is 0.100. The number of amides is 1. The van der Waals surface area contributed by atoms with Crippen LogP contribution in [-0.2, 0) is 11.8 Å². The minimum atomic E-state index is -0.336. The molecule has 0 atom stereocenters. The van der Waals surface area contributed by atoms with Crippen molar-refractivity contribution < 1.29 is 4.79 Å². The lowest BCUT2D eigenvalue weighted by molar-refractivity contribution is -0.113. The van der Waals surface area contributed by atoms with Crippen LogP contribution in [-0.4, -0.2) is 21.1 Å². The number of aromatic nitrogens is 2. The van der Waals surface area contributed by atoms with Crippen LogP contribution < -0.4 is 10.5 Å². The molecule has 0 unspecified atom stereocenters. The van der Waals surface area contributed by atoms with Gasteiger partial charge in [0.2, 0.25) is 0 Å². The maximum atomic E-state index is 13.8. The number of aliphatic imine (C=N–C) groups is 1. The molecule has 1 aromatic heterocycles. The molecule has 0 aliphatic carbocycles. The first kappa shape index (κ1) is 23.1. The summed E-state index contributed by atoms with van der Waals surface area (Å²) in [6.45, 7) is 3.81. The van der Waals surface area contributed by atoms with E-state index in [1.807, 2.05) is 118 Å². The van der Waals surface area contributed by atoms with E-state index in [2.05, 4.69) is 0 Å². The van der Waals surface area contributed by atoms with Crippen molar-refractivity contribution in [1.29, 1.82) is 0 Å². The number of hydrogen-bond acceptors (Lipinski definition) is 3. The molecule has 5 rings (SSSR count). The first-order valence-corrected chi connectivity index (χ1v) is 11.8. The number of carbonyl (C=O) groups is 1. The molecule has 3 aromatic carbocycles. The van der Waals surface area contributed by atoms with Crippen LogP contribution in [0.3, 0.4) is 0 Å². The van der Waals surface area contributed by atoms with Gasteiger partial charge in [-0.25, -0.2) is 9.67 Å². The largest absolute Gasteiger partial charge is 0.296 e. The van der Waals surface area contributed by atoms with Crippen molar-refractivity contribution in [3.63, 3.8) is 0 Å². The number of nitrogens with zero attached hydrogens (tertiary/aromatic N) is 4. The smallest absolute Gasteiger partial charge is 0.283 e. The third-order valence-corrected chi connectivity index (χ3v) is 6.24. The molecule has 0 saturated heterocycles. The van der Waals surface area contributed by atoms with Gasteiger partial charge >= 0.3 is 0 Å². The first-order chi connectivity index (χ1) is 17.5. The molecule has 178 valence electrons. The molecule has 0 radical (unpaired) electrons. The molecule has 1 aliphatic heterocycles. The highest BCUT2D eigenvalue weighted by Crippen LogP contribution is 2.29. The van der Waals surface area contributed by atoms with Crippen molar-refractivity contribution in [2.75, 3.05) is 4.90 Å². The summed E-state index contributed by atoms with van der Waals surface area (Å²) in [6, 6.07) is 26.7. The number of hydrogen-bond donors (Lipinski definition) is 0. The monoisotopic (exact) mass is 474 g/mol. The lowest BCUT2D eigenvalue weighted by Crippen LogP contribution is -2.36. The van der Waals surface area contributed by atoms with E-state index < -0.39 is 0 Å². The van der Waals surface area contributed by atoms with Crippen LogP contribution in [0.5, 0.6) is 0 Å². The van der Waals surface area contributed by atoms with E-state index in [9.17, 15) is 9.59 Å². The Hall–Kier alpha value is -4.71. The zero-order valence-electron chi connectivity index (χ0n) is 20.4. The fourth-order valence-corrected chi connectivity index (χ4v) is 4.37. The average molecular weight is 475 g/mol. The van der Waals surface area contributed by atoms with Crippen molar-refractivity contribution in [2.45, 2.75) is 13.8 Å². The topological polar surface area (TPSA) is 59.6 Å². The molecular formula is C30H26N4O2. The Kier molecular flexibility index (Phi) is 6.09. The van der Waals surface area contributed by atoms with Crippen molar-refractivity contribution in [3.8, 4) is 5.69 Å². The number of carbonyl (C=O) groups excluding carboxylic acids is 1. The van der Waals surface area contributed by atoms with E-state index in [1.54, 1.807) is 15.4 Å². The van der Waals surface area contributed by atoms with Gasteiger partial charge in [-0.05, 0) is 43.2 Å². The van der Waals surface area contributed by atoms with E-state index in [0.29, 0.717) is 17.2 Å². The number of anilines is 1. The van der Waals surface area contributed by atoms with Crippen LogP contribution >= 0.6 is 0 Å². The second kappa shape index (κ2) is 9.50. The molecule has 0 N–H and O–H groups in total. The number of amidine groups is 1. The summed E-state index contributed by atoms with van der Waals surface area (Å²) < 4.78 is 3.34. The predicted octanol–water partition coefficient (Wildman–Crippen LogP) is 5.35. The molecule has 1 amide bonds. The SMILES string of the molecule is CC=Cc1ccc(C=C2N=C(c3ccccc3)N(c3c(C)n(C)n(-c4ccccc4)c3=O)C2=O)cc1. The summed E-state index contributed by atoms with van der Waals surface area (Å²) in [6.07, 6.45) is 5.76. The van der Waals surface area contributed by atoms with Crippen LogP contribution in [0.15, 0.2) is 106 Å². The summed E-state index contributed by atoms with van der Waals surface area (Å²) in [5.74, 6) is 0.0980. The van der Waals surface area contributed by atoms with Crippen LogP contribution in [0.4, 0.5) is 5.69 Å². The molecule has 2 heterocycles. The molecule has 6 heteroatoms. The highest BCUT2D eigenvalue weighted by Gasteiger charge is 2.37. The molecule has 0 spiro atoms. The third kappa shape index (κ3) is 4.03. The van der Waals surface area contributed by atoms with Gasteiger partial charge in [0.1, 0.15) is 17.2 Å². The van der Waals surface area contributed by atoms with E-state index in [0.717, 1.165) is 22.4 Å². The zero-order chi connectivity index (χ0) is 25.2. The number of benzene rings is 3. The number of rotatable bonds is 5. The summed E-state index contributed by atoms with van der Waals surface area (Å²) in [5.41, 5.74) is 4.37. The normalized spacial score (nSPS) is 14.8. The Bertz CT molecular complexity index is 1570. The maximum absolute atomic E-state index is 13.8. The van der Waals surface area contributed by atoms with Gasteiger partial charge in [-0.1, -0.05) is 84.9 Å². The molecule has 0 saturated carbocycles. The van der Waals surface area contributed by atoms with Crippen molar-refractivity contribution in [3.05, 3.63) is 129 Å². The van der Waals surface area contributed by atoms with Gasteiger partial charge in [0.15, 0.2) is 0 Å². The fourth-order valence-electron chi connectivity index (χ4n) is 4.37. The Morgan fingerprint density at radius 3 is 2.06 bits per heavy atom. The standard InChI is InChI=1S/C30H26N4O2/c1-4-11-22-16-18-23(19-17-22)20-26-29(35)33(28(31-26)24-12-7-5-8-13-24)27-21(2)32(3)34(30(27)36)25-14-9-6-10-15-25/h4-20H,1-3H3.